The summed E-state index contributed by atoms with van der Waals surface area (Å²) in [5.74, 6) is 2.32. The number of piperidine rings is 1. The van der Waals surface area contributed by atoms with Crippen LogP contribution in [0.5, 0.6) is 0 Å². The Morgan fingerprint density at radius 1 is 1.15 bits per heavy atom. The van der Waals surface area contributed by atoms with Gasteiger partial charge in [-0.15, -0.1) is 0 Å². The van der Waals surface area contributed by atoms with Gasteiger partial charge in [-0.05, 0) is 50.5 Å². The number of aryl methyl sites for hydroxylation is 1. The topological polar surface area (TPSA) is 93.9 Å². The lowest BCUT2D eigenvalue weighted by Crippen LogP contribution is -2.31. The molecule has 1 aliphatic heterocycles. The van der Waals surface area contributed by atoms with Crippen molar-refractivity contribution in [1.82, 2.24) is 15.3 Å². The standard InChI is InChI=1S/C20H24N6O/c1-15-24-18(13-19(25-15)26-11-3-2-4-12-26)22-9-10-23-20(27)17-7-5-16(14-21)6-8-17/h5-8,13H,2-4,9-12H2,1H3,(H,23,27)(H,22,24,25). The highest BCUT2D eigenvalue weighted by Crippen LogP contribution is 2.20. The molecule has 7 nitrogen and oxygen atoms in total. The number of rotatable bonds is 6. The molecule has 7 heteroatoms. The summed E-state index contributed by atoms with van der Waals surface area (Å²) in [6, 6.07) is 10.6. The highest BCUT2D eigenvalue weighted by molar-refractivity contribution is 5.94. The second-order valence-corrected chi connectivity index (χ2v) is 6.58. The van der Waals surface area contributed by atoms with E-state index in [0.717, 1.165) is 30.5 Å². The first-order valence-corrected chi connectivity index (χ1v) is 9.28. The smallest absolute Gasteiger partial charge is 0.251 e. The average molecular weight is 364 g/mol. The number of aromatic nitrogens is 2. The molecule has 0 aliphatic carbocycles. The minimum atomic E-state index is -0.158. The van der Waals surface area contributed by atoms with Crippen LogP contribution in [0.2, 0.25) is 0 Å². The third kappa shape index (κ3) is 5.17. The Hall–Kier alpha value is -3.14. The van der Waals surface area contributed by atoms with Crippen LogP contribution in [0.4, 0.5) is 11.6 Å². The molecule has 0 spiro atoms. The third-order valence-corrected chi connectivity index (χ3v) is 4.50. The average Bonchev–Trinajstić information content (AvgIpc) is 2.71. The minimum absolute atomic E-state index is 0.158. The van der Waals surface area contributed by atoms with Gasteiger partial charge in [0.05, 0.1) is 11.6 Å². The van der Waals surface area contributed by atoms with Crippen LogP contribution < -0.4 is 15.5 Å². The zero-order valence-electron chi connectivity index (χ0n) is 15.5. The van der Waals surface area contributed by atoms with Crippen molar-refractivity contribution < 1.29 is 4.79 Å². The second kappa shape index (κ2) is 8.99. The maximum absolute atomic E-state index is 12.1. The summed E-state index contributed by atoms with van der Waals surface area (Å²) in [4.78, 5) is 23.4. The predicted octanol–water partition coefficient (Wildman–Crippen LogP) is 2.49. The van der Waals surface area contributed by atoms with Crippen molar-refractivity contribution in [2.24, 2.45) is 0 Å². The maximum Gasteiger partial charge on any atom is 0.251 e. The van der Waals surface area contributed by atoms with Gasteiger partial charge in [0, 0.05) is 37.8 Å². The van der Waals surface area contributed by atoms with Gasteiger partial charge in [-0.2, -0.15) is 5.26 Å². The fraction of sp³-hybridized carbons (Fsp3) is 0.400. The van der Waals surface area contributed by atoms with Gasteiger partial charge in [-0.3, -0.25) is 4.79 Å². The summed E-state index contributed by atoms with van der Waals surface area (Å²) < 4.78 is 0. The van der Waals surface area contributed by atoms with Gasteiger partial charge >= 0.3 is 0 Å². The summed E-state index contributed by atoms with van der Waals surface area (Å²) in [6.07, 6.45) is 3.69. The number of hydrogen-bond donors (Lipinski definition) is 2. The van der Waals surface area contributed by atoms with Crippen molar-refractivity contribution in [3.8, 4) is 6.07 Å². The third-order valence-electron chi connectivity index (χ3n) is 4.50. The first kappa shape index (κ1) is 18.6. The van der Waals surface area contributed by atoms with Crippen LogP contribution in [0.1, 0.15) is 41.0 Å². The van der Waals surface area contributed by atoms with Gasteiger partial charge in [-0.1, -0.05) is 0 Å². The van der Waals surface area contributed by atoms with E-state index in [1.807, 2.05) is 19.1 Å². The molecule has 1 saturated heterocycles. The Labute approximate surface area is 159 Å². The van der Waals surface area contributed by atoms with Gasteiger partial charge in [0.1, 0.15) is 17.5 Å². The van der Waals surface area contributed by atoms with E-state index in [2.05, 4.69) is 25.5 Å². The van der Waals surface area contributed by atoms with Gasteiger partial charge in [-0.25, -0.2) is 9.97 Å². The monoisotopic (exact) mass is 364 g/mol. The fourth-order valence-electron chi connectivity index (χ4n) is 3.09. The van der Waals surface area contributed by atoms with Crippen LogP contribution in [-0.4, -0.2) is 42.1 Å². The quantitative estimate of drug-likeness (QED) is 0.765. The number of nitrogens with zero attached hydrogens (tertiary/aromatic N) is 4. The van der Waals surface area contributed by atoms with Crippen molar-refractivity contribution in [2.45, 2.75) is 26.2 Å². The first-order chi connectivity index (χ1) is 13.2. The molecule has 1 aliphatic rings. The van der Waals surface area contributed by atoms with Gasteiger partial charge in [0.25, 0.3) is 5.91 Å². The largest absolute Gasteiger partial charge is 0.368 e. The molecule has 0 unspecified atom stereocenters. The number of nitriles is 1. The van der Waals surface area contributed by atoms with Gasteiger partial charge < -0.3 is 15.5 Å². The van der Waals surface area contributed by atoms with Crippen molar-refractivity contribution in [1.29, 1.82) is 5.26 Å². The summed E-state index contributed by atoms with van der Waals surface area (Å²) in [6.45, 7) is 5.01. The maximum atomic E-state index is 12.1. The summed E-state index contributed by atoms with van der Waals surface area (Å²) in [5.41, 5.74) is 1.08. The minimum Gasteiger partial charge on any atom is -0.368 e. The summed E-state index contributed by atoms with van der Waals surface area (Å²) in [7, 11) is 0. The second-order valence-electron chi connectivity index (χ2n) is 6.58. The molecule has 0 saturated carbocycles. The van der Waals surface area contributed by atoms with E-state index in [1.165, 1.54) is 19.3 Å². The Morgan fingerprint density at radius 3 is 2.59 bits per heavy atom. The Balaban J connectivity index is 1.50. The van der Waals surface area contributed by atoms with E-state index in [9.17, 15) is 4.79 Å². The Morgan fingerprint density at radius 2 is 1.89 bits per heavy atom. The highest BCUT2D eigenvalue weighted by Gasteiger charge is 2.13. The predicted molar refractivity (Wildman–Crippen MR) is 105 cm³/mol. The van der Waals surface area contributed by atoms with E-state index in [0.29, 0.717) is 24.2 Å². The van der Waals surface area contributed by atoms with Crippen molar-refractivity contribution in [2.75, 3.05) is 36.4 Å². The molecule has 0 radical (unpaired) electrons. The normalized spacial score (nSPS) is 13.7. The number of nitrogens with one attached hydrogen (secondary N) is 2. The summed E-state index contributed by atoms with van der Waals surface area (Å²) >= 11 is 0. The van der Waals surface area contributed by atoms with E-state index in [1.54, 1.807) is 24.3 Å². The fourth-order valence-corrected chi connectivity index (χ4v) is 3.09. The lowest BCUT2D eigenvalue weighted by atomic mass is 10.1. The van der Waals surface area contributed by atoms with Gasteiger partial charge in [0.15, 0.2) is 0 Å². The van der Waals surface area contributed by atoms with Crippen LogP contribution in [0.25, 0.3) is 0 Å². The van der Waals surface area contributed by atoms with E-state index < -0.39 is 0 Å². The van der Waals surface area contributed by atoms with E-state index in [-0.39, 0.29) is 5.91 Å². The SMILES string of the molecule is Cc1nc(NCCNC(=O)c2ccc(C#N)cc2)cc(N2CCCCC2)n1. The number of amides is 1. The molecule has 1 fully saturated rings. The van der Waals surface area contributed by atoms with Crippen LogP contribution in [0, 0.1) is 18.3 Å². The van der Waals surface area contributed by atoms with Crippen LogP contribution in [0.15, 0.2) is 30.3 Å². The van der Waals surface area contributed by atoms with Crippen LogP contribution in [-0.2, 0) is 0 Å². The highest BCUT2D eigenvalue weighted by atomic mass is 16.1. The molecule has 27 heavy (non-hydrogen) atoms. The number of carbonyl (C=O) groups excluding carboxylic acids is 1. The van der Waals surface area contributed by atoms with E-state index in [4.69, 9.17) is 5.26 Å². The number of anilines is 2. The van der Waals surface area contributed by atoms with Crippen LogP contribution in [0.3, 0.4) is 0 Å². The molecule has 0 bridgehead atoms. The first-order valence-electron chi connectivity index (χ1n) is 9.28. The number of hydrogen-bond acceptors (Lipinski definition) is 6. The molecule has 1 amide bonds. The number of benzene rings is 1. The molecule has 3 rings (SSSR count). The number of carbonyl (C=O) groups is 1. The van der Waals surface area contributed by atoms with Gasteiger partial charge in [0.2, 0.25) is 0 Å². The molecule has 0 atom stereocenters. The molecule has 2 N–H and O–H groups in total. The molecule has 140 valence electrons. The molecule has 2 heterocycles. The van der Waals surface area contributed by atoms with Crippen molar-refractivity contribution in [3.63, 3.8) is 0 Å². The van der Waals surface area contributed by atoms with E-state index >= 15 is 0 Å². The zero-order chi connectivity index (χ0) is 19.1. The zero-order valence-corrected chi connectivity index (χ0v) is 15.5. The molecular weight excluding hydrogens is 340 g/mol. The Bertz CT molecular complexity index is 821. The lowest BCUT2D eigenvalue weighted by Gasteiger charge is -2.28. The summed E-state index contributed by atoms with van der Waals surface area (Å²) in [5, 5.41) is 14.9. The van der Waals surface area contributed by atoms with Crippen LogP contribution >= 0.6 is 0 Å². The molecule has 1 aromatic heterocycles. The van der Waals surface area contributed by atoms with Crippen molar-refractivity contribution >= 4 is 17.5 Å². The lowest BCUT2D eigenvalue weighted by molar-refractivity contribution is 0.0955. The van der Waals surface area contributed by atoms with Crippen molar-refractivity contribution in [3.05, 3.63) is 47.3 Å². The molecular formula is C20H24N6O. The Kier molecular flexibility index (Phi) is 6.21. The molecule has 1 aromatic carbocycles. The molecule has 2 aromatic rings.